The van der Waals surface area contributed by atoms with Crippen LogP contribution in [0.3, 0.4) is 0 Å². The van der Waals surface area contributed by atoms with Gasteiger partial charge in [-0.3, -0.25) is 4.79 Å². The van der Waals surface area contributed by atoms with Gasteiger partial charge in [-0.2, -0.15) is 0 Å². The van der Waals surface area contributed by atoms with Gasteiger partial charge in [-0.15, -0.1) is 0 Å². The van der Waals surface area contributed by atoms with E-state index in [2.05, 4.69) is 26.6 Å². The standard InChI is InChI=1S/C17H27BrN2O3/c1-16(2,3)20-15(22)10-23-14-7-6-13(18)8-12(14)9-19-17(4,5)11-21/h6-8,19,21H,9-11H2,1-5H3,(H,20,22). The summed E-state index contributed by atoms with van der Waals surface area (Å²) in [5.41, 5.74) is 0.253. The highest BCUT2D eigenvalue weighted by Crippen LogP contribution is 2.24. The Kier molecular flexibility index (Phi) is 7.04. The zero-order chi connectivity index (χ0) is 17.7. The van der Waals surface area contributed by atoms with E-state index in [1.165, 1.54) is 0 Å². The van der Waals surface area contributed by atoms with Gasteiger partial charge in [0, 0.05) is 27.7 Å². The molecule has 0 aliphatic carbocycles. The molecule has 5 nitrogen and oxygen atoms in total. The van der Waals surface area contributed by atoms with Crippen LogP contribution in [0.5, 0.6) is 5.75 Å². The molecule has 1 amide bonds. The first-order valence-electron chi connectivity index (χ1n) is 7.60. The Labute approximate surface area is 146 Å². The number of carbonyl (C=O) groups is 1. The molecule has 0 fully saturated rings. The van der Waals surface area contributed by atoms with Gasteiger partial charge in [0.15, 0.2) is 6.61 Å². The Balaban J connectivity index is 2.73. The maximum Gasteiger partial charge on any atom is 0.258 e. The van der Waals surface area contributed by atoms with Crippen LogP contribution in [0.2, 0.25) is 0 Å². The fraction of sp³-hybridized carbons (Fsp3) is 0.588. The van der Waals surface area contributed by atoms with E-state index in [-0.39, 0.29) is 30.2 Å². The molecule has 0 aliphatic heterocycles. The van der Waals surface area contributed by atoms with Crippen molar-refractivity contribution in [2.45, 2.75) is 52.2 Å². The van der Waals surface area contributed by atoms with Crippen LogP contribution in [0.4, 0.5) is 0 Å². The molecule has 0 spiro atoms. The molecule has 0 saturated carbocycles. The number of ether oxygens (including phenoxy) is 1. The zero-order valence-corrected chi connectivity index (χ0v) is 16.1. The number of benzene rings is 1. The van der Waals surface area contributed by atoms with Crippen LogP contribution in [-0.2, 0) is 11.3 Å². The van der Waals surface area contributed by atoms with Crippen LogP contribution in [0.1, 0.15) is 40.2 Å². The lowest BCUT2D eigenvalue weighted by Gasteiger charge is -2.24. The van der Waals surface area contributed by atoms with Crippen LogP contribution in [-0.4, -0.2) is 35.3 Å². The van der Waals surface area contributed by atoms with E-state index in [1.54, 1.807) is 0 Å². The summed E-state index contributed by atoms with van der Waals surface area (Å²) in [5, 5.41) is 15.5. The highest BCUT2D eigenvalue weighted by Gasteiger charge is 2.17. The number of hydrogen-bond acceptors (Lipinski definition) is 4. The van der Waals surface area contributed by atoms with Gasteiger partial charge in [0.1, 0.15) is 5.75 Å². The summed E-state index contributed by atoms with van der Waals surface area (Å²) in [6, 6.07) is 5.65. The van der Waals surface area contributed by atoms with Crippen molar-refractivity contribution in [3.05, 3.63) is 28.2 Å². The molecule has 0 saturated heterocycles. The topological polar surface area (TPSA) is 70.6 Å². The van der Waals surface area contributed by atoms with E-state index in [1.807, 2.05) is 52.8 Å². The summed E-state index contributed by atoms with van der Waals surface area (Å²) < 4.78 is 6.60. The lowest BCUT2D eigenvalue weighted by molar-refractivity contribution is -0.124. The van der Waals surface area contributed by atoms with Gasteiger partial charge >= 0.3 is 0 Å². The molecule has 0 radical (unpaired) electrons. The monoisotopic (exact) mass is 386 g/mol. The molecular formula is C17H27BrN2O3. The van der Waals surface area contributed by atoms with Crippen molar-refractivity contribution in [3.8, 4) is 5.75 Å². The smallest absolute Gasteiger partial charge is 0.258 e. The van der Waals surface area contributed by atoms with Crippen LogP contribution >= 0.6 is 15.9 Å². The van der Waals surface area contributed by atoms with Gasteiger partial charge in [-0.05, 0) is 52.8 Å². The molecule has 1 aromatic carbocycles. The largest absolute Gasteiger partial charge is 0.483 e. The van der Waals surface area contributed by atoms with Crippen molar-refractivity contribution in [2.24, 2.45) is 0 Å². The van der Waals surface area contributed by atoms with Gasteiger partial charge in [0.25, 0.3) is 5.91 Å². The summed E-state index contributed by atoms with van der Waals surface area (Å²) in [6.45, 7) is 10.2. The first kappa shape index (κ1) is 19.9. The fourth-order valence-electron chi connectivity index (χ4n) is 1.82. The highest BCUT2D eigenvalue weighted by atomic mass is 79.9. The van der Waals surface area contributed by atoms with Gasteiger partial charge in [0.2, 0.25) is 0 Å². The molecule has 1 aromatic rings. The van der Waals surface area contributed by atoms with Crippen molar-refractivity contribution in [1.82, 2.24) is 10.6 Å². The van der Waals surface area contributed by atoms with Gasteiger partial charge < -0.3 is 20.5 Å². The number of carbonyl (C=O) groups excluding carboxylic acids is 1. The number of halogens is 1. The Bertz CT molecular complexity index is 539. The van der Waals surface area contributed by atoms with Crippen LogP contribution in [0.15, 0.2) is 22.7 Å². The minimum absolute atomic E-state index is 0.0324. The lowest BCUT2D eigenvalue weighted by atomic mass is 10.1. The average molecular weight is 387 g/mol. The minimum Gasteiger partial charge on any atom is -0.483 e. The Morgan fingerprint density at radius 1 is 1.26 bits per heavy atom. The summed E-state index contributed by atoms with van der Waals surface area (Å²) >= 11 is 3.44. The van der Waals surface area contributed by atoms with E-state index in [0.717, 1.165) is 10.0 Å². The van der Waals surface area contributed by atoms with Crippen LogP contribution in [0.25, 0.3) is 0 Å². The second-order valence-corrected chi connectivity index (χ2v) is 8.15. The summed E-state index contributed by atoms with van der Waals surface area (Å²) in [5.74, 6) is 0.494. The van der Waals surface area contributed by atoms with Gasteiger partial charge in [0.05, 0.1) is 6.61 Å². The van der Waals surface area contributed by atoms with E-state index < -0.39 is 0 Å². The van der Waals surface area contributed by atoms with E-state index in [9.17, 15) is 9.90 Å². The molecule has 0 aromatic heterocycles. The zero-order valence-electron chi connectivity index (χ0n) is 14.5. The van der Waals surface area contributed by atoms with E-state index >= 15 is 0 Å². The normalized spacial score (nSPS) is 12.1. The van der Waals surface area contributed by atoms with Crippen molar-refractivity contribution < 1.29 is 14.6 Å². The molecule has 23 heavy (non-hydrogen) atoms. The lowest BCUT2D eigenvalue weighted by Crippen LogP contribution is -2.43. The highest BCUT2D eigenvalue weighted by molar-refractivity contribution is 9.10. The summed E-state index contributed by atoms with van der Waals surface area (Å²) in [6.07, 6.45) is 0. The molecule has 0 unspecified atom stereocenters. The molecule has 6 heteroatoms. The molecule has 1 rings (SSSR count). The van der Waals surface area contributed by atoms with Crippen molar-refractivity contribution in [3.63, 3.8) is 0 Å². The second-order valence-electron chi connectivity index (χ2n) is 7.23. The maximum atomic E-state index is 11.9. The second kappa shape index (κ2) is 8.13. The summed E-state index contributed by atoms with van der Waals surface area (Å²) in [7, 11) is 0. The number of hydrogen-bond donors (Lipinski definition) is 3. The fourth-order valence-corrected chi connectivity index (χ4v) is 2.22. The molecule has 0 bridgehead atoms. The number of nitrogens with one attached hydrogen (secondary N) is 2. The Morgan fingerprint density at radius 2 is 1.91 bits per heavy atom. The third-order valence-corrected chi connectivity index (χ3v) is 3.54. The number of aliphatic hydroxyl groups excluding tert-OH is 1. The molecular weight excluding hydrogens is 360 g/mol. The molecule has 0 atom stereocenters. The van der Waals surface area contributed by atoms with Crippen molar-refractivity contribution in [2.75, 3.05) is 13.2 Å². The molecule has 3 N–H and O–H groups in total. The summed E-state index contributed by atoms with van der Waals surface area (Å²) in [4.78, 5) is 11.9. The Morgan fingerprint density at radius 3 is 2.48 bits per heavy atom. The van der Waals surface area contributed by atoms with Crippen LogP contribution in [0, 0.1) is 0 Å². The first-order valence-corrected chi connectivity index (χ1v) is 8.40. The van der Waals surface area contributed by atoms with Gasteiger partial charge in [-0.1, -0.05) is 15.9 Å². The third kappa shape index (κ3) is 7.81. The molecule has 0 aliphatic rings. The SMILES string of the molecule is CC(C)(C)NC(=O)COc1ccc(Br)cc1CNC(C)(C)CO. The van der Waals surface area contributed by atoms with Crippen molar-refractivity contribution in [1.29, 1.82) is 0 Å². The average Bonchev–Trinajstić information content (AvgIpc) is 2.42. The number of rotatable bonds is 7. The quantitative estimate of drug-likeness (QED) is 0.673. The first-order chi connectivity index (χ1) is 10.5. The van der Waals surface area contributed by atoms with Gasteiger partial charge in [-0.25, -0.2) is 0 Å². The predicted molar refractivity (Wildman–Crippen MR) is 95.5 cm³/mol. The number of aliphatic hydroxyl groups is 1. The van der Waals surface area contributed by atoms with Crippen molar-refractivity contribution >= 4 is 21.8 Å². The maximum absolute atomic E-state index is 11.9. The van der Waals surface area contributed by atoms with Crippen LogP contribution < -0.4 is 15.4 Å². The third-order valence-electron chi connectivity index (χ3n) is 3.05. The molecule has 130 valence electrons. The number of amides is 1. The van der Waals surface area contributed by atoms with E-state index in [4.69, 9.17) is 4.74 Å². The van der Waals surface area contributed by atoms with E-state index in [0.29, 0.717) is 12.3 Å². The predicted octanol–water partition coefficient (Wildman–Crippen LogP) is 2.60. The minimum atomic E-state index is -0.386. The Hall–Kier alpha value is -1.11. The molecule has 0 heterocycles.